The van der Waals surface area contributed by atoms with E-state index >= 15 is 0 Å². The summed E-state index contributed by atoms with van der Waals surface area (Å²) in [6.07, 6.45) is 3.31. The van der Waals surface area contributed by atoms with E-state index in [9.17, 15) is 4.79 Å². The quantitative estimate of drug-likeness (QED) is 0.763. The lowest BCUT2D eigenvalue weighted by molar-refractivity contribution is 0.0616. The number of pyridine rings is 1. The van der Waals surface area contributed by atoms with Crippen LogP contribution in [-0.2, 0) is 0 Å². The SMILES string of the molecule is CC1CN(C(=O)c2ccncc2)C(C)CN1. The van der Waals surface area contributed by atoms with E-state index in [-0.39, 0.29) is 11.9 Å². The molecule has 1 fully saturated rings. The van der Waals surface area contributed by atoms with Crippen LogP contribution in [0.2, 0.25) is 0 Å². The molecular weight excluding hydrogens is 202 g/mol. The number of carbonyl (C=O) groups is 1. The first kappa shape index (κ1) is 11.1. The Hall–Kier alpha value is -1.42. The summed E-state index contributed by atoms with van der Waals surface area (Å²) in [6.45, 7) is 5.79. The van der Waals surface area contributed by atoms with Crippen molar-refractivity contribution in [1.29, 1.82) is 0 Å². The molecule has 16 heavy (non-hydrogen) atoms. The summed E-state index contributed by atoms with van der Waals surface area (Å²) in [5.41, 5.74) is 0.718. The number of hydrogen-bond acceptors (Lipinski definition) is 3. The van der Waals surface area contributed by atoms with Crippen molar-refractivity contribution in [3.05, 3.63) is 30.1 Å². The zero-order valence-corrected chi connectivity index (χ0v) is 9.68. The van der Waals surface area contributed by atoms with Gasteiger partial charge in [-0.3, -0.25) is 9.78 Å². The maximum absolute atomic E-state index is 12.2. The van der Waals surface area contributed by atoms with Gasteiger partial charge in [-0.15, -0.1) is 0 Å². The normalized spacial score (nSPS) is 25.5. The maximum Gasteiger partial charge on any atom is 0.254 e. The summed E-state index contributed by atoms with van der Waals surface area (Å²) < 4.78 is 0. The molecule has 1 amide bonds. The van der Waals surface area contributed by atoms with E-state index in [1.165, 1.54) is 0 Å². The summed E-state index contributed by atoms with van der Waals surface area (Å²) in [5, 5.41) is 3.36. The number of nitrogens with zero attached hydrogens (tertiary/aromatic N) is 2. The van der Waals surface area contributed by atoms with E-state index in [4.69, 9.17) is 0 Å². The van der Waals surface area contributed by atoms with Gasteiger partial charge < -0.3 is 10.2 Å². The first-order valence-electron chi connectivity index (χ1n) is 5.63. The van der Waals surface area contributed by atoms with Gasteiger partial charge in [-0.25, -0.2) is 0 Å². The molecule has 0 saturated carbocycles. The van der Waals surface area contributed by atoms with Crippen molar-refractivity contribution in [3.8, 4) is 0 Å². The summed E-state index contributed by atoms with van der Waals surface area (Å²) in [4.78, 5) is 18.1. The Balaban J connectivity index is 2.15. The minimum absolute atomic E-state index is 0.100. The van der Waals surface area contributed by atoms with Gasteiger partial charge in [0.2, 0.25) is 0 Å². The molecule has 0 aromatic carbocycles. The molecule has 0 radical (unpaired) electrons. The van der Waals surface area contributed by atoms with E-state index in [2.05, 4.69) is 24.1 Å². The number of nitrogens with one attached hydrogen (secondary N) is 1. The van der Waals surface area contributed by atoms with Crippen LogP contribution in [0.25, 0.3) is 0 Å². The second-order valence-electron chi connectivity index (χ2n) is 4.35. The molecule has 0 spiro atoms. The van der Waals surface area contributed by atoms with Crippen LogP contribution in [0, 0.1) is 0 Å². The molecule has 1 aromatic heterocycles. The van der Waals surface area contributed by atoms with Crippen molar-refractivity contribution < 1.29 is 4.79 Å². The number of amides is 1. The van der Waals surface area contributed by atoms with Gasteiger partial charge in [0, 0.05) is 43.1 Å². The van der Waals surface area contributed by atoms with Crippen molar-refractivity contribution in [2.45, 2.75) is 25.9 Å². The fraction of sp³-hybridized carbons (Fsp3) is 0.500. The molecule has 1 aliphatic rings. The smallest absolute Gasteiger partial charge is 0.254 e. The lowest BCUT2D eigenvalue weighted by Crippen LogP contribution is -2.56. The Bertz CT molecular complexity index is 366. The third-order valence-electron chi connectivity index (χ3n) is 2.95. The van der Waals surface area contributed by atoms with Crippen molar-refractivity contribution in [3.63, 3.8) is 0 Å². The van der Waals surface area contributed by atoms with E-state index < -0.39 is 0 Å². The summed E-state index contributed by atoms with van der Waals surface area (Å²) in [7, 11) is 0. The molecule has 2 rings (SSSR count). The third kappa shape index (κ3) is 2.22. The number of piperazine rings is 1. The minimum atomic E-state index is 0.100. The van der Waals surface area contributed by atoms with Gasteiger partial charge in [0.1, 0.15) is 0 Å². The van der Waals surface area contributed by atoms with E-state index in [0.29, 0.717) is 6.04 Å². The fourth-order valence-electron chi connectivity index (χ4n) is 1.96. The van der Waals surface area contributed by atoms with Crippen molar-refractivity contribution in [2.75, 3.05) is 13.1 Å². The van der Waals surface area contributed by atoms with Crippen LogP contribution < -0.4 is 5.32 Å². The largest absolute Gasteiger partial charge is 0.333 e. The third-order valence-corrected chi connectivity index (χ3v) is 2.95. The average molecular weight is 219 g/mol. The van der Waals surface area contributed by atoms with Crippen molar-refractivity contribution in [2.24, 2.45) is 0 Å². The Kier molecular flexibility index (Phi) is 3.19. The highest BCUT2D eigenvalue weighted by Crippen LogP contribution is 2.11. The summed E-state index contributed by atoms with van der Waals surface area (Å²) in [5.74, 6) is 0.100. The highest BCUT2D eigenvalue weighted by atomic mass is 16.2. The molecule has 86 valence electrons. The first-order chi connectivity index (χ1) is 7.68. The standard InChI is InChI=1S/C12H17N3O/c1-9-8-15(10(2)7-14-9)12(16)11-3-5-13-6-4-11/h3-6,9-10,14H,7-8H2,1-2H3. The van der Waals surface area contributed by atoms with Crippen LogP contribution >= 0.6 is 0 Å². The molecule has 0 bridgehead atoms. The van der Waals surface area contributed by atoms with E-state index in [1.54, 1.807) is 24.5 Å². The van der Waals surface area contributed by atoms with Gasteiger partial charge in [-0.05, 0) is 26.0 Å². The van der Waals surface area contributed by atoms with Gasteiger partial charge in [0.15, 0.2) is 0 Å². The number of aromatic nitrogens is 1. The van der Waals surface area contributed by atoms with Crippen LogP contribution in [0.5, 0.6) is 0 Å². The Morgan fingerprint density at radius 2 is 2.12 bits per heavy atom. The molecule has 1 N–H and O–H groups in total. The predicted octanol–water partition coefficient (Wildman–Crippen LogP) is 0.904. The van der Waals surface area contributed by atoms with Crippen molar-refractivity contribution >= 4 is 5.91 Å². The summed E-state index contributed by atoms with van der Waals surface area (Å²) >= 11 is 0. The van der Waals surface area contributed by atoms with Crippen LogP contribution in [0.3, 0.4) is 0 Å². The van der Waals surface area contributed by atoms with E-state index in [0.717, 1.165) is 18.7 Å². The van der Waals surface area contributed by atoms with Gasteiger partial charge in [0.05, 0.1) is 0 Å². The second-order valence-corrected chi connectivity index (χ2v) is 4.35. The molecule has 2 atom stereocenters. The van der Waals surface area contributed by atoms with Gasteiger partial charge in [-0.2, -0.15) is 0 Å². The summed E-state index contributed by atoms with van der Waals surface area (Å²) in [6, 6.07) is 4.14. The Labute approximate surface area is 95.7 Å². The van der Waals surface area contributed by atoms with Crippen LogP contribution in [0.4, 0.5) is 0 Å². The van der Waals surface area contributed by atoms with Crippen LogP contribution in [0.15, 0.2) is 24.5 Å². The Morgan fingerprint density at radius 1 is 1.44 bits per heavy atom. The zero-order valence-electron chi connectivity index (χ0n) is 9.68. The number of carbonyl (C=O) groups excluding carboxylic acids is 1. The fourth-order valence-corrected chi connectivity index (χ4v) is 1.96. The van der Waals surface area contributed by atoms with Gasteiger partial charge >= 0.3 is 0 Å². The van der Waals surface area contributed by atoms with E-state index in [1.807, 2.05) is 4.90 Å². The topological polar surface area (TPSA) is 45.2 Å². The number of rotatable bonds is 1. The molecule has 0 aliphatic carbocycles. The van der Waals surface area contributed by atoms with Crippen LogP contribution in [0.1, 0.15) is 24.2 Å². The molecule has 1 saturated heterocycles. The van der Waals surface area contributed by atoms with Crippen LogP contribution in [-0.4, -0.2) is 41.0 Å². The first-order valence-corrected chi connectivity index (χ1v) is 5.63. The van der Waals surface area contributed by atoms with Gasteiger partial charge in [-0.1, -0.05) is 0 Å². The Morgan fingerprint density at radius 3 is 2.81 bits per heavy atom. The molecular formula is C12H17N3O. The molecule has 1 aromatic rings. The molecule has 2 heterocycles. The van der Waals surface area contributed by atoms with Gasteiger partial charge in [0.25, 0.3) is 5.91 Å². The molecule has 4 heteroatoms. The lowest BCUT2D eigenvalue weighted by Gasteiger charge is -2.37. The highest BCUT2D eigenvalue weighted by molar-refractivity contribution is 5.94. The minimum Gasteiger partial charge on any atom is -0.333 e. The average Bonchev–Trinajstić information content (AvgIpc) is 2.32. The molecule has 4 nitrogen and oxygen atoms in total. The lowest BCUT2D eigenvalue weighted by atomic mass is 10.1. The molecule has 1 aliphatic heterocycles. The number of hydrogen-bond donors (Lipinski definition) is 1. The maximum atomic E-state index is 12.2. The second kappa shape index (κ2) is 4.61. The van der Waals surface area contributed by atoms with Crippen molar-refractivity contribution in [1.82, 2.24) is 15.2 Å². The monoisotopic (exact) mass is 219 g/mol. The highest BCUT2D eigenvalue weighted by Gasteiger charge is 2.26. The zero-order chi connectivity index (χ0) is 11.5. The molecule has 2 unspecified atom stereocenters. The predicted molar refractivity (Wildman–Crippen MR) is 62.2 cm³/mol.